The number of hydrogen-bond donors (Lipinski definition) is 1. The maximum atomic E-state index is 12.3. The van der Waals surface area contributed by atoms with Crippen molar-refractivity contribution in [3.63, 3.8) is 0 Å². The summed E-state index contributed by atoms with van der Waals surface area (Å²) in [6, 6.07) is 11.4. The van der Waals surface area contributed by atoms with Gasteiger partial charge in [0, 0.05) is 7.05 Å². The van der Waals surface area contributed by atoms with Gasteiger partial charge in [-0.1, -0.05) is 12.1 Å². The van der Waals surface area contributed by atoms with Crippen LogP contribution in [0.15, 0.2) is 40.9 Å². The lowest BCUT2D eigenvalue weighted by Crippen LogP contribution is -2.44. The average Bonchev–Trinajstić information content (AvgIpc) is 3.00. The number of carbonyl (C=O) groups excluding carboxylic acids is 1. The minimum Gasteiger partial charge on any atom is -0.454 e. The van der Waals surface area contributed by atoms with Gasteiger partial charge in [0.15, 0.2) is 11.5 Å². The Morgan fingerprint density at radius 3 is 2.95 bits per heavy atom. The second-order valence-electron chi connectivity index (χ2n) is 5.24. The Kier molecular flexibility index (Phi) is 3.00. The molecule has 1 N–H and O–H groups in total. The van der Waals surface area contributed by atoms with Gasteiger partial charge in [-0.25, -0.2) is 0 Å². The van der Waals surface area contributed by atoms with Crippen molar-refractivity contribution in [2.45, 2.75) is 6.17 Å². The van der Waals surface area contributed by atoms with Crippen molar-refractivity contribution in [2.24, 2.45) is 0 Å². The Labute approximate surface area is 136 Å². The molecule has 0 radical (unpaired) electrons. The molecule has 112 valence electrons. The molecule has 0 bridgehead atoms. The third-order valence-electron chi connectivity index (χ3n) is 3.95. The Balaban J connectivity index is 1.78. The van der Waals surface area contributed by atoms with Crippen molar-refractivity contribution in [1.82, 2.24) is 5.32 Å². The van der Waals surface area contributed by atoms with Gasteiger partial charge in [0.25, 0.3) is 5.91 Å². The van der Waals surface area contributed by atoms with Gasteiger partial charge in [-0.05, 0) is 45.8 Å². The van der Waals surface area contributed by atoms with E-state index < -0.39 is 0 Å². The molecule has 2 aromatic carbocycles. The van der Waals surface area contributed by atoms with E-state index >= 15 is 0 Å². The van der Waals surface area contributed by atoms with Crippen molar-refractivity contribution in [3.8, 4) is 11.5 Å². The molecule has 1 atom stereocenters. The summed E-state index contributed by atoms with van der Waals surface area (Å²) in [5.41, 5.74) is 2.52. The number of para-hydroxylation sites is 1. The predicted octanol–water partition coefficient (Wildman–Crippen LogP) is 3.06. The van der Waals surface area contributed by atoms with Gasteiger partial charge in [0.05, 0.1) is 15.7 Å². The minimum atomic E-state index is -0.256. The smallest absolute Gasteiger partial charge is 0.255 e. The molecular weight excluding hydrogens is 348 g/mol. The molecule has 0 saturated heterocycles. The van der Waals surface area contributed by atoms with Gasteiger partial charge < -0.3 is 19.7 Å². The molecule has 2 aliphatic rings. The van der Waals surface area contributed by atoms with E-state index in [0.29, 0.717) is 17.1 Å². The number of nitrogens with zero attached hydrogens (tertiary/aromatic N) is 1. The maximum absolute atomic E-state index is 12.3. The standard InChI is InChI=1S/C16H13BrN2O3/c1-19-12-5-3-2-4-10(12)16(20)18-15(19)9-6-11(17)14-13(7-9)21-8-22-14/h2-7,15H,8H2,1H3,(H,18,20). The van der Waals surface area contributed by atoms with Crippen LogP contribution in [0.2, 0.25) is 0 Å². The van der Waals surface area contributed by atoms with Crippen LogP contribution < -0.4 is 19.7 Å². The van der Waals surface area contributed by atoms with Crippen LogP contribution in [0.3, 0.4) is 0 Å². The predicted molar refractivity (Wildman–Crippen MR) is 85.3 cm³/mol. The van der Waals surface area contributed by atoms with E-state index in [-0.39, 0.29) is 18.9 Å². The van der Waals surface area contributed by atoms with Gasteiger partial charge in [-0.2, -0.15) is 0 Å². The zero-order valence-corrected chi connectivity index (χ0v) is 13.4. The van der Waals surface area contributed by atoms with Crippen molar-refractivity contribution in [3.05, 3.63) is 52.0 Å². The van der Waals surface area contributed by atoms with Crippen LogP contribution in [0.25, 0.3) is 0 Å². The molecule has 0 fully saturated rings. The van der Waals surface area contributed by atoms with Crippen molar-refractivity contribution >= 4 is 27.5 Å². The summed E-state index contributed by atoms with van der Waals surface area (Å²) in [5.74, 6) is 1.31. The van der Waals surface area contributed by atoms with Crippen LogP contribution in [0.4, 0.5) is 5.69 Å². The lowest BCUT2D eigenvalue weighted by atomic mass is 10.0. The molecule has 2 heterocycles. The highest BCUT2D eigenvalue weighted by Gasteiger charge is 2.31. The third-order valence-corrected chi connectivity index (χ3v) is 4.54. The normalized spacial score (nSPS) is 18.9. The van der Waals surface area contributed by atoms with Gasteiger partial charge in [-0.3, -0.25) is 4.79 Å². The highest BCUT2D eigenvalue weighted by atomic mass is 79.9. The lowest BCUT2D eigenvalue weighted by Gasteiger charge is -2.36. The highest BCUT2D eigenvalue weighted by molar-refractivity contribution is 9.10. The van der Waals surface area contributed by atoms with Crippen LogP contribution in [-0.2, 0) is 0 Å². The SMILES string of the molecule is CN1c2ccccc2C(=O)NC1c1cc(Br)c2c(c1)OCO2. The van der Waals surface area contributed by atoms with E-state index in [9.17, 15) is 4.79 Å². The molecular formula is C16H13BrN2O3. The molecule has 0 saturated carbocycles. The quantitative estimate of drug-likeness (QED) is 0.848. The van der Waals surface area contributed by atoms with E-state index in [1.165, 1.54) is 0 Å². The Morgan fingerprint density at radius 1 is 1.27 bits per heavy atom. The molecule has 0 aromatic heterocycles. The largest absolute Gasteiger partial charge is 0.454 e. The van der Waals surface area contributed by atoms with Crippen LogP contribution >= 0.6 is 15.9 Å². The average molecular weight is 361 g/mol. The lowest BCUT2D eigenvalue weighted by molar-refractivity contribution is 0.0928. The number of ether oxygens (including phenoxy) is 2. The molecule has 6 heteroatoms. The van der Waals surface area contributed by atoms with E-state index in [2.05, 4.69) is 21.2 Å². The first-order valence-corrected chi connectivity index (χ1v) is 7.66. The number of hydrogen-bond acceptors (Lipinski definition) is 4. The zero-order valence-electron chi connectivity index (χ0n) is 11.8. The summed E-state index contributed by atoms with van der Waals surface area (Å²) in [6.07, 6.45) is -0.256. The Hall–Kier alpha value is -2.21. The summed E-state index contributed by atoms with van der Waals surface area (Å²) in [7, 11) is 1.96. The van der Waals surface area contributed by atoms with E-state index in [4.69, 9.17) is 9.47 Å². The molecule has 0 spiro atoms. The number of anilines is 1. The van der Waals surface area contributed by atoms with E-state index in [1.807, 2.05) is 48.3 Å². The first kappa shape index (κ1) is 13.5. The monoisotopic (exact) mass is 360 g/mol. The van der Waals surface area contributed by atoms with Crippen molar-refractivity contribution in [1.29, 1.82) is 0 Å². The van der Waals surface area contributed by atoms with Crippen LogP contribution in [0.1, 0.15) is 22.1 Å². The topological polar surface area (TPSA) is 50.8 Å². The summed E-state index contributed by atoms with van der Waals surface area (Å²) in [5, 5.41) is 3.03. The number of nitrogens with one attached hydrogen (secondary N) is 1. The zero-order chi connectivity index (χ0) is 15.3. The third kappa shape index (κ3) is 1.94. The highest BCUT2D eigenvalue weighted by Crippen LogP contribution is 2.42. The fraction of sp³-hybridized carbons (Fsp3) is 0.188. The van der Waals surface area contributed by atoms with Crippen molar-refractivity contribution in [2.75, 3.05) is 18.7 Å². The molecule has 1 amide bonds. The Bertz CT molecular complexity index is 778. The summed E-state index contributed by atoms with van der Waals surface area (Å²) < 4.78 is 11.7. The van der Waals surface area contributed by atoms with Crippen LogP contribution in [0.5, 0.6) is 11.5 Å². The van der Waals surface area contributed by atoms with Gasteiger partial charge in [0.1, 0.15) is 6.17 Å². The number of benzene rings is 2. The first-order valence-electron chi connectivity index (χ1n) is 6.87. The van der Waals surface area contributed by atoms with Crippen LogP contribution in [0, 0.1) is 0 Å². The first-order chi connectivity index (χ1) is 10.6. The van der Waals surface area contributed by atoms with E-state index in [1.54, 1.807) is 0 Å². The van der Waals surface area contributed by atoms with Crippen molar-refractivity contribution < 1.29 is 14.3 Å². The number of rotatable bonds is 1. The fourth-order valence-corrected chi connectivity index (χ4v) is 3.44. The summed E-state index contributed by atoms with van der Waals surface area (Å²) >= 11 is 3.50. The molecule has 2 aliphatic heterocycles. The summed E-state index contributed by atoms with van der Waals surface area (Å²) in [4.78, 5) is 14.4. The molecule has 5 nitrogen and oxygen atoms in total. The Morgan fingerprint density at radius 2 is 2.09 bits per heavy atom. The maximum Gasteiger partial charge on any atom is 0.255 e. The second kappa shape index (κ2) is 4.91. The molecule has 4 rings (SSSR count). The summed E-state index contributed by atoms with van der Waals surface area (Å²) in [6.45, 7) is 0.215. The number of carbonyl (C=O) groups is 1. The number of halogens is 1. The molecule has 2 aromatic rings. The molecule has 0 aliphatic carbocycles. The second-order valence-corrected chi connectivity index (χ2v) is 6.09. The minimum absolute atomic E-state index is 0.0764. The van der Waals surface area contributed by atoms with Crippen LogP contribution in [-0.4, -0.2) is 19.7 Å². The fourth-order valence-electron chi connectivity index (χ4n) is 2.86. The number of fused-ring (bicyclic) bond motifs is 2. The molecule has 1 unspecified atom stereocenters. The van der Waals surface area contributed by atoms with E-state index in [0.717, 1.165) is 15.7 Å². The number of amides is 1. The molecule has 22 heavy (non-hydrogen) atoms. The van der Waals surface area contributed by atoms with Gasteiger partial charge in [0.2, 0.25) is 6.79 Å². The van der Waals surface area contributed by atoms with Gasteiger partial charge in [-0.15, -0.1) is 0 Å². The van der Waals surface area contributed by atoms with Gasteiger partial charge >= 0.3 is 0 Å².